The smallest absolute Gasteiger partial charge is 0.462 e. The molecule has 0 spiro atoms. The first-order valence-corrected chi connectivity index (χ1v) is 38.4. The highest BCUT2D eigenvalue weighted by Crippen LogP contribution is 2.45. The first-order chi connectivity index (χ1) is 42.5. The van der Waals surface area contributed by atoms with E-state index in [0.717, 1.165) is 122 Å². The second-order valence-electron chi connectivity index (χ2n) is 24.7. The van der Waals surface area contributed by atoms with Gasteiger partial charge in [-0.2, -0.15) is 0 Å². The predicted molar refractivity (Wildman–Crippen MR) is 354 cm³/mol. The van der Waals surface area contributed by atoms with E-state index < -0.39 is 97.5 Å². The zero-order valence-corrected chi connectivity index (χ0v) is 58.1. The average molecular weight is 1290 g/mol. The summed E-state index contributed by atoms with van der Waals surface area (Å²) in [4.78, 5) is 72.3. The van der Waals surface area contributed by atoms with Gasteiger partial charge in [-0.3, -0.25) is 37.3 Å². The van der Waals surface area contributed by atoms with Gasteiger partial charge in [0.1, 0.15) is 19.3 Å². The maximum absolute atomic E-state index is 13.0. The maximum Gasteiger partial charge on any atom is 0.472 e. The van der Waals surface area contributed by atoms with E-state index in [1.54, 1.807) is 0 Å². The lowest BCUT2D eigenvalue weighted by Gasteiger charge is -2.21. The summed E-state index contributed by atoms with van der Waals surface area (Å²) in [6.07, 6.45) is 51.1. The van der Waals surface area contributed by atoms with Crippen LogP contribution in [-0.4, -0.2) is 96.7 Å². The number of hydrogen-bond donors (Lipinski definition) is 3. The molecule has 0 aromatic carbocycles. The number of rotatable bonds is 67. The van der Waals surface area contributed by atoms with Crippen LogP contribution in [0.2, 0.25) is 0 Å². The van der Waals surface area contributed by atoms with Gasteiger partial charge in [0.15, 0.2) is 12.2 Å². The molecule has 19 heteroatoms. The number of aliphatic hydroxyl groups excluding tert-OH is 1. The van der Waals surface area contributed by atoms with Gasteiger partial charge in [-0.15, -0.1) is 0 Å². The van der Waals surface area contributed by atoms with Crippen molar-refractivity contribution < 1.29 is 80.2 Å². The van der Waals surface area contributed by atoms with Crippen LogP contribution in [0, 0.1) is 5.92 Å². The van der Waals surface area contributed by atoms with Gasteiger partial charge < -0.3 is 33.8 Å². The topological polar surface area (TPSA) is 237 Å². The summed E-state index contributed by atoms with van der Waals surface area (Å²) in [5.74, 6) is -1.50. The lowest BCUT2D eigenvalue weighted by molar-refractivity contribution is -0.161. The van der Waals surface area contributed by atoms with Crippen molar-refractivity contribution in [1.29, 1.82) is 0 Å². The molecule has 0 aliphatic heterocycles. The summed E-state index contributed by atoms with van der Waals surface area (Å²) >= 11 is 0. The van der Waals surface area contributed by atoms with Crippen molar-refractivity contribution in [2.75, 3.05) is 39.6 Å². The van der Waals surface area contributed by atoms with Gasteiger partial charge in [-0.1, -0.05) is 277 Å². The van der Waals surface area contributed by atoms with Crippen LogP contribution in [0.4, 0.5) is 0 Å². The van der Waals surface area contributed by atoms with Crippen molar-refractivity contribution in [3.63, 3.8) is 0 Å². The molecule has 2 unspecified atom stereocenters. The van der Waals surface area contributed by atoms with E-state index in [2.05, 4.69) is 58.9 Å². The zero-order valence-electron chi connectivity index (χ0n) is 56.3. The molecule has 0 saturated carbocycles. The molecule has 0 amide bonds. The Kier molecular flexibility index (Phi) is 60.3. The highest BCUT2D eigenvalue weighted by atomic mass is 31.2. The third kappa shape index (κ3) is 62.4. The van der Waals surface area contributed by atoms with Crippen LogP contribution in [0.5, 0.6) is 0 Å². The minimum atomic E-state index is -4.96. The lowest BCUT2D eigenvalue weighted by Crippen LogP contribution is -2.30. The van der Waals surface area contributed by atoms with Crippen LogP contribution in [0.3, 0.4) is 0 Å². The molecule has 3 N–H and O–H groups in total. The number of esters is 4. The summed E-state index contributed by atoms with van der Waals surface area (Å²) in [5, 5.41) is 10.5. The maximum atomic E-state index is 13.0. The van der Waals surface area contributed by atoms with Crippen LogP contribution in [0.25, 0.3) is 0 Å². The fraction of sp³-hybridized carbons (Fsp3) is 0.884. The summed E-state index contributed by atoms with van der Waals surface area (Å²) in [7, 11) is -9.90. The summed E-state index contributed by atoms with van der Waals surface area (Å²) < 4.78 is 68.0. The Hall–Kier alpha value is -2.46. The van der Waals surface area contributed by atoms with Crippen molar-refractivity contribution in [2.24, 2.45) is 5.92 Å². The highest BCUT2D eigenvalue weighted by molar-refractivity contribution is 7.47. The van der Waals surface area contributed by atoms with E-state index in [-0.39, 0.29) is 25.7 Å². The van der Waals surface area contributed by atoms with Gasteiger partial charge in [-0.05, 0) is 57.3 Å². The van der Waals surface area contributed by atoms with E-state index in [0.29, 0.717) is 31.6 Å². The zero-order chi connectivity index (χ0) is 64.9. The van der Waals surface area contributed by atoms with E-state index >= 15 is 0 Å². The van der Waals surface area contributed by atoms with Crippen LogP contribution in [0.15, 0.2) is 24.3 Å². The number of phosphoric ester groups is 2. The van der Waals surface area contributed by atoms with E-state index in [4.69, 9.17) is 37.0 Å². The fourth-order valence-electron chi connectivity index (χ4n) is 9.93. The van der Waals surface area contributed by atoms with Gasteiger partial charge in [0.25, 0.3) is 0 Å². The molecule has 0 heterocycles. The molecule has 0 aliphatic rings. The number of carbonyl (C=O) groups excluding carboxylic acids is 4. The molecule has 5 atom stereocenters. The Balaban J connectivity index is 5.22. The van der Waals surface area contributed by atoms with Gasteiger partial charge in [0.2, 0.25) is 0 Å². The molecule has 0 aliphatic carbocycles. The average Bonchev–Trinajstić information content (AvgIpc) is 3.65. The predicted octanol–water partition coefficient (Wildman–Crippen LogP) is 19.3. The number of hydrogen-bond acceptors (Lipinski definition) is 15. The summed E-state index contributed by atoms with van der Waals surface area (Å²) in [6, 6.07) is 0. The first-order valence-electron chi connectivity index (χ1n) is 35.5. The number of aliphatic hydroxyl groups is 1. The third-order valence-corrected chi connectivity index (χ3v) is 17.3. The van der Waals surface area contributed by atoms with Crippen LogP contribution < -0.4 is 0 Å². The molecule has 0 saturated heterocycles. The standard InChI is InChI=1S/C69H130O17P2/c1-6-9-12-15-18-20-22-24-26-27-29-31-33-35-38-44-49-54-68(73)85-64(59-80-67(72)53-48-43-37-34-32-30-28-25-23-21-19-16-13-10-7-2)60-83-87(75,76)81-56-63(70)57-82-88(77,78)84-61-65(58-79-66(71)52-47-42-36-17-14-11-8-3)86-69(74)55-50-45-40-39-41-46-51-62(4)5/h21,23,25,28,62-65,70H,6-20,22,24,26-27,29-61H2,1-5H3,(H,75,76)(H,77,78)/b23-21-,28-25-/t63-,64-,65-/m1/s1. The third-order valence-electron chi connectivity index (χ3n) is 15.4. The molecule has 0 bridgehead atoms. The molecule has 0 aromatic rings. The molecule has 0 aromatic heterocycles. The highest BCUT2D eigenvalue weighted by Gasteiger charge is 2.30. The Labute approximate surface area is 535 Å². The second-order valence-corrected chi connectivity index (χ2v) is 27.6. The minimum absolute atomic E-state index is 0.0996. The Bertz CT molecular complexity index is 1800. The monoisotopic (exact) mass is 1290 g/mol. The van der Waals surface area contributed by atoms with Crippen molar-refractivity contribution in [3.05, 3.63) is 24.3 Å². The SMILES string of the molecule is CCCCCC/C=C\C=C/CCCCCCCC(=O)OC[C@H](COP(=O)(O)OC[C@@H](O)COP(=O)(O)OC[C@@H](COC(=O)CCCCCCCCC)OC(=O)CCCCCCCCC(C)C)OC(=O)CCCCCCCCCCCCCCCCCCC. The molecule has 0 rings (SSSR count). The molecular formula is C69H130O17P2. The fourth-order valence-corrected chi connectivity index (χ4v) is 11.5. The van der Waals surface area contributed by atoms with Gasteiger partial charge in [0, 0.05) is 25.7 Å². The molecule has 0 fully saturated rings. The number of unbranched alkanes of at least 4 members (excludes halogenated alkanes) is 36. The number of carbonyl (C=O) groups is 4. The normalized spacial score (nSPS) is 14.3. The Morgan fingerprint density at radius 2 is 0.614 bits per heavy atom. The van der Waals surface area contributed by atoms with Crippen molar-refractivity contribution in [1.82, 2.24) is 0 Å². The lowest BCUT2D eigenvalue weighted by atomic mass is 10.0. The van der Waals surface area contributed by atoms with E-state index in [1.807, 2.05) is 0 Å². The summed E-state index contributed by atoms with van der Waals surface area (Å²) in [5.41, 5.74) is 0. The molecule has 0 radical (unpaired) electrons. The van der Waals surface area contributed by atoms with Crippen LogP contribution in [-0.2, 0) is 65.4 Å². The van der Waals surface area contributed by atoms with E-state index in [9.17, 15) is 43.2 Å². The van der Waals surface area contributed by atoms with Crippen LogP contribution >= 0.6 is 15.6 Å². The second kappa shape index (κ2) is 62.0. The van der Waals surface area contributed by atoms with Crippen molar-refractivity contribution in [3.8, 4) is 0 Å². The van der Waals surface area contributed by atoms with Gasteiger partial charge in [0.05, 0.1) is 26.4 Å². The molecule has 17 nitrogen and oxygen atoms in total. The number of phosphoric acid groups is 2. The molecule has 518 valence electrons. The molecular weight excluding hydrogens is 1160 g/mol. The largest absolute Gasteiger partial charge is 0.472 e. The van der Waals surface area contributed by atoms with E-state index in [1.165, 1.54) is 122 Å². The molecule has 88 heavy (non-hydrogen) atoms. The quantitative estimate of drug-likeness (QED) is 0.0169. The minimum Gasteiger partial charge on any atom is -0.462 e. The Morgan fingerprint density at radius 1 is 0.352 bits per heavy atom. The van der Waals surface area contributed by atoms with Crippen molar-refractivity contribution >= 4 is 39.5 Å². The van der Waals surface area contributed by atoms with Crippen molar-refractivity contribution in [2.45, 2.75) is 348 Å². The van der Waals surface area contributed by atoms with Gasteiger partial charge in [-0.25, -0.2) is 9.13 Å². The number of allylic oxidation sites excluding steroid dienone is 4. The van der Waals surface area contributed by atoms with Crippen LogP contribution in [0.1, 0.15) is 330 Å². The first kappa shape index (κ1) is 85.5. The number of ether oxygens (including phenoxy) is 4. The summed E-state index contributed by atoms with van der Waals surface area (Å²) in [6.45, 7) is 7.03. The Morgan fingerprint density at radius 3 is 0.932 bits per heavy atom. The van der Waals surface area contributed by atoms with Gasteiger partial charge >= 0.3 is 39.5 Å².